The molecule has 0 fully saturated rings. The van der Waals surface area contributed by atoms with Crippen LogP contribution in [0.3, 0.4) is 0 Å². The van der Waals surface area contributed by atoms with E-state index in [0.29, 0.717) is 5.56 Å². The highest BCUT2D eigenvalue weighted by Gasteiger charge is 2.19. The van der Waals surface area contributed by atoms with Gasteiger partial charge in [0.2, 0.25) is 0 Å². The molecule has 1 atom stereocenters. The summed E-state index contributed by atoms with van der Waals surface area (Å²) in [6.07, 6.45) is 0. The first-order valence-electron chi connectivity index (χ1n) is 5.70. The van der Waals surface area contributed by atoms with Crippen LogP contribution in [0.4, 0.5) is 13.2 Å². The molecular formula is C14H10Br2F3N. The van der Waals surface area contributed by atoms with Gasteiger partial charge in [0.05, 0.1) is 6.04 Å². The van der Waals surface area contributed by atoms with Gasteiger partial charge in [-0.05, 0) is 48.5 Å². The fourth-order valence-electron chi connectivity index (χ4n) is 1.98. The minimum Gasteiger partial charge on any atom is -0.309 e. The third-order valence-electron chi connectivity index (χ3n) is 2.90. The Kier molecular flexibility index (Phi) is 4.88. The molecule has 6 heteroatoms. The van der Waals surface area contributed by atoms with E-state index in [1.807, 2.05) is 18.2 Å². The zero-order valence-electron chi connectivity index (χ0n) is 10.4. The van der Waals surface area contributed by atoms with Gasteiger partial charge in [0.15, 0.2) is 17.5 Å². The highest BCUT2D eigenvalue weighted by atomic mass is 79.9. The van der Waals surface area contributed by atoms with Gasteiger partial charge in [-0.2, -0.15) is 0 Å². The van der Waals surface area contributed by atoms with Crippen LogP contribution in [0, 0.1) is 17.5 Å². The third-order valence-corrected chi connectivity index (χ3v) is 4.11. The lowest BCUT2D eigenvalue weighted by molar-refractivity contribution is 0.443. The molecule has 106 valence electrons. The summed E-state index contributed by atoms with van der Waals surface area (Å²) in [7, 11) is 1.66. The summed E-state index contributed by atoms with van der Waals surface area (Å²) in [5, 5.41) is 2.97. The molecule has 0 amide bonds. The normalized spacial score (nSPS) is 12.5. The van der Waals surface area contributed by atoms with E-state index >= 15 is 0 Å². The van der Waals surface area contributed by atoms with Crippen LogP contribution in [0.2, 0.25) is 0 Å². The number of hydrogen-bond acceptors (Lipinski definition) is 1. The third kappa shape index (κ3) is 3.07. The molecule has 0 heterocycles. The topological polar surface area (TPSA) is 12.0 Å². The number of rotatable bonds is 3. The molecule has 0 radical (unpaired) electrons. The molecule has 0 aromatic heterocycles. The van der Waals surface area contributed by atoms with E-state index in [0.717, 1.165) is 26.6 Å². The van der Waals surface area contributed by atoms with Gasteiger partial charge in [-0.25, -0.2) is 13.2 Å². The predicted octanol–water partition coefficient (Wildman–Crippen LogP) is 4.94. The van der Waals surface area contributed by atoms with Crippen LogP contribution in [0.15, 0.2) is 39.3 Å². The van der Waals surface area contributed by atoms with Gasteiger partial charge in [-0.1, -0.05) is 31.9 Å². The highest BCUT2D eigenvalue weighted by molar-refractivity contribution is 9.11. The minimum atomic E-state index is -1.46. The molecule has 1 N–H and O–H groups in total. The van der Waals surface area contributed by atoms with Gasteiger partial charge in [0.1, 0.15) is 0 Å². The molecule has 0 aliphatic heterocycles. The maximum absolute atomic E-state index is 13.4. The Morgan fingerprint density at radius 2 is 1.60 bits per heavy atom. The molecule has 0 bridgehead atoms. The van der Waals surface area contributed by atoms with E-state index in [1.165, 1.54) is 0 Å². The second-order valence-corrected chi connectivity index (χ2v) is 5.96. The summed E-state index contributed by atoms with van der Waals surface area (Å²) in [6.45, 7) is 0. The molecule has 1 nitrogen and oxygen atoms in total. The summed E-state index contributed by atoms with van der Waals surface area (Å²) in [6, 6.07) is 7.00. The Morgan fingerprint density at radius 1 is 1.00 bits per heavy atom. The van der Waals surface area contributed by atoms with Gasteiger partial charge in [-0.3, -0.25) is 0 Å². The summed E-state index contributed by atoms with van der Waals surface area (Å²) < 4.78 is 41.4. The van der Waals surface area contributed by atoms with Crippen molar-refractivity contribution in [1.29, 1.82) is 0 Å². The van der Waals surface area contributed by atoms with Crippen molar-refractivity contribution in [3.8, 4) is 0 Å². The lowest BCUT2D eigenvalue weighted by Crippen LogP contribution is -2.19. The van der Waals surface area contributed by atoms with Crippen molar-refractivity contribution in [3.05, 3.63) is 67.9 Å². The van der Waals surface area contributed by atoms with Crippen molar-refractivity contribution in [1.82, 2.24) is 5.32 Å². The smallest absolute Gasteiger partial charge is 0.194 e. The van der Waals surface area contributed by atoms with E-state index in [9.17, 15) is 13.2 Å². The van der Waals surface area contributed by atoms with Crippen molar-refractivity contribution < 1.29 is 13.2 Å². The van der Waals surface area contributed by atoms with Gasteiger partial charge in [-0.15, -0.1) is 0 Å². The number of hydrogen-bond donors (Lipinski definition) is 1. The van der Waals surface area contributed by atoms with Crippen LogP contribution >= 0.6 is 31.9 Å². The van der Waals surface area contributed by atoms with E-state index in [4.69, 9.17) is 0 Å². The van der Waals surface area contributed by atoms with E-state index in [2.05, 4.69) is 37.2 Å². The van der Waals surface area contributed by atoms with E-state index in [1.54, 1.807) is 7.05 Å². The van der Waals surface area contributed by atoms with E-state index in [-0.39, 0.29) is 0 Å². The van der Waals surface area contributed by atoms with Crippen molar-refractivity contribution in [2.24, 2.45) is 0 Å². The van der Waals surface area contributed by atoms with Crippen LogP contribution in [0.5, 0.6) is 0 Å². The Balaban J connectivity index is 2.55. The fraction of sp³-hybridized carbons (Fsp3) is 0.143. The predicted molar refractivity (Wildman–Crippen MR) is 79.1 cm³/mol. The first-order valence-corrected chi connectivity index (χ1v) is 7.29. The Morgan fingerprint density at radius 3 is 2.15 bits per heavy atom. The molecule has 20 heavy (non-hydrogen) atoms. The van der Waals surface area contributed by atoms with Crippen molar-refractivity contribution >= 4 is 31.9 Å². The molecule has 0 aliphatic carbocycles. The molecule has 1 unspecified atom stereocenters. The van der Waals surface area contributed by atoms with Crippen LogP contribution in [0.25, 0.3) is 0 Å². The van der Waals surface area contributed by atoms with Crippen molar-refractivity contribution in [2.45, 2.75) is 6.04 Å². The molecule has 0 saturated carbocycles. The Hall–Kier alpha value is -0.850. The van der Waals surface area contributed by atoms with Gasteiger partial charge in [0.25, 0.3) is 0 Å². The second kappa shape index (κ2) is 6.28. The van der Waals surface area contributed by atoms with Gasteiger partial charge >= 0.3 is 0 Å². The van der Waals surface area contributed by atoms with Crippen LogP contribution in [0.1, 0.15) is 17.2 Å². The molecule has 0 spiro atoms. The average Bonchev–Trinajstić information content (AvgIpc) is 2.40. The van der Waals surface area contributed by atoms with Crippen molar-refractivity contribution in [3.63, 3.8) is 0 Å². The first-order chi connectivity index (χ1) is 9.43. The van der Waals surface area contributed by atoms with E-state index < -0.39 is 23.5 Å². The van der Waals surface area contributed by atoms with Gasteiger partial charge in [0, 0.05) is 8.95 Å². The summed E-state index contributed by atoms with van der Waals surface area (Å²) in [4.78, 5) is 0. The molecule has 2 rings (SSSR count). The quantitative estimate of drug-likeness (QED) is 0.709. The second-order valence-electron chi connectivity index (χ2n) is 4.19. The summed E-state index contributed by atoms with van der Waals surface area (Å²) in [5.74, 6) is -3.87. The standard InChI is InChI=1S/C14H10Br2F3N/c1-20-14(9-6-8(15)2-3-10(9)16)7-4-11(17)13(19)12(18)5-7/h2-6,14,20H,1H3. The summed E-state index contributed by atoms with van der Waals surface area (Å²) in [5.41, 5.74) is 1.09. The monoisotopic (exact) mass is 407 g/mol. The largest absolute Gasteiger partial charge is 0.309 e. The molecule has 2 aromatic rings. The lowest BCUT2D eigenvalue weighted by Gasteiger charge is -2.19. The molecular weight excluding hydrogens is 399 g/mol. The average molecular weight is 409 g/mol. The number of nitrogens with one attached hydrogen (secondary N) is 1. The van der Waals surface area contributed by atoms with Crippen LogP contribution < -0.4 is 5.32 Å². The zero-order valence-corrected chi connectivity index (χ0v) is 13.5. The zero-order chi connectivity index (χ0) is 14.9. The van der Waals surface area contributed by atoms with Gasteiger partial charge < -0.3 is 5.32 Å². The highest BCUT2D eigenvalue weighted by Crippen LogP contribution is 2.32. The molecule has 0 aliphatic rings. The SMILES string of the molecule is CNC(c1cc(F)c(F)c(F)c1)c1cc(Br)ccc1Br. The van der Waals surface area contributed by atoms with Crippen LogP contribution in [-0.4, -0.2) is 7.05 Å². The lowest BCUT2D eigenvalue weighted by atomic mass is 9.98. The molecule has 2 aromatic carbocycles. The maximum atomic E-state index is 13.4. The first kappa shape index (κ1) is 15.5. The summed E-state index contributed by atoms with van der Waals surface area (Å²) >= 11 is 6.75. The molecule has 0 saturated heterocycles. The Bertz CT molecular complexity index is 623. The number of benzene rings is 2. The Labute approximate surface area is 131 Å². The van der Waals surface area contributed by atoms with Crippen LogP contribution in [-0.2, 0) is 0 Å². The number of halogens is 5. The van der Waals surface area contributed by atoms with Crippen molar-refractivity contribution in [2.75, 3.05) is 7.05 Å². The fourth-order valence-corrected chi connectivity index (χ4v) is 2.83. The minimum absolute atomic E-state index is 0.308. The maximum Gasteiger partial charge on any atom is 0.194 e.